The van der Waals surface area contributed by atoms with Crippen molar-refractivity contribution in [3.63, 3.8) is 0 Å². The van der Waals surface area contributed by atoms with E-state index in [-0.39, 0.29) is 12.4 Å². The molecule has 0 aliphatic heterocycles. The SMILES string of the molecule is CCCN(CC(=O)O)c1ccccc1F. The molecular weight excluding hydrogens is 197 g/mol. The van der Waals surface area contributed by atoms with Gasteiger partial charge in [-0.2, -0.15) is 0 Å². The lowest BCUT2D eigenvalue weighted by Gasteiger charge is -2.22. The first-order valence-electron chi connectivity index (χ1n) is 4.86. The molecule has 82 valence electrons. The van der Waals surface area contributed by atoms with E-state index in [2.05, 4.69) is 0 Å². The molecule has 0 bridgehead atoms. The summed E-state index contributed by atoms with van der Waals surface area (Å²) in [5.41, 5.74) is 0.349. The van der Waals surface area contributed by atoms with Crippen LogP contribution in [0, 0.1) is 5.82 Å². The van der Waals surface area contributed by atoms with Crippen LogP contribution in [0.2, 0.25) is 0 Å². The smallest absolute Gasteiger partial charge is 0.323 e. The maximum absolute atomic E-state index is 13.4. The predicted octanol–water partition coefficient (Wildman–Crippen LogP) is 2.13. The Morgan fingerprint density at radius 1 is 1.47 bits per heavy atom. The van der Waals surface area contributed by atoms with Crippen molar-refractivity contribution in [2.24, 2.45) is 0 Å². The minimum atomic E-state index is -0.952. The largest absolute Gasteiger partial charge is 0.480 e. The highest BCUT2D eigenvalue weighted by molar-refractivity contribution is 5.73. The van der Waals surface area contributed by atoms with Crippen LogP contribution in [-0.2, 0) is 4.79 Å². The van der Waals surface area contributed by atoms with E-state index in [1.807, 2.05) is 6.92 Å². The van der Waals surface area contributed by atoms with Crippen molar-refractivity contribution in [3.05, 3.63) is 30.1 Å². The lowest BCUT2D eigenvalue weighted by molar-refractivity contribution is -0.135. The van der Waals surface area contributed by atoms with Crippen LogP contribution in [0.4, 0.5) is 10.1 Å². The van der Waals surface area contributed by atoms with Crippen molar-refractivity contribution in [2.45, 2.75) is 13.3 Å². The van der Waals surface area contributed by atoms with Gasteiger partial charge in [-0.1, -0.05) is 19.1 Å². The maximum Gasteiger partial charge on any atom is 0.323 e. The Morgan fingerprint density at radius 3 is 2.67 bits per heavy atom. The Morgan fingerprint density at radius 2 is 2.13 bits per heavy atom. The lowest BCUT2D eigenvalue weighted by Crippen LogP contribution is -2.31. The number of rotatable bonds is 5. The molecule has 0 aliphatic carbocycles. The number of carbonyl (C=O) groups is 1. The number of aliphatic carboxylic acids is 1. The summed E-state index contributed by atoms with van der Waals surface area (Å²) in [5, 5.41) is 8.70. The Hall–Kier alpha value is -1.58. The second-order valence-corrected chi connectivity index (χ2v) is 3.27. The van der Waals surface area contributed by atoms with Crippen LogP contribution in [0.25, 0.3) is 0 Å². The maximum atomic E-state index is 13.4. The van der Waals surface area contributed by atoms with Gasteiger partial charge in [0.15, 0.2) is 0 Å². The molecule has 1 rings (SSSR count). The Balaban J connectivity index is 2.88. The topological polar surface area (TPSA) is 40.5 Å². The highest BCUT2D eigenvalue weighted by Crippen LogP contribution is 2.18. The minimum Gasteiger partial charge on any atom is -0.480 e. The molecule has 0 saturated carbocycles. The average Bonchev–Trinajstić information content (AvgIpc) is 2.17. The summed E-state index contributed by atoms with van der Waals surface area (Å²) in [6.45, 7) is 2.29. The van der Waals surface area contributed by atoms with E-state index in [0.29, 0.717) is 12.2 Å². The molecule has 0 fully saturated rings. The van der Waals surface area contributed by atoms with Crippen LogP contribution >= 0.6 is 0 Å². The zero-order valence-corrected chi connectivity index (χ0v) is 8.61. The Kier molecular flexibility index (Phi) is 4.09. The van der Waals surface area contributed by atoms with Crippen molar-refractivity contribution in [1.82, 2.24) is 0 Å². The van der Waals surface area contributed by atoms with Gasteiger partial charge in [0.05, 0.1) is 5.69 Å². The van der Waals surface area contributed by atoms with Gasteiger partial charge in [0.25, 0.3) is 0 Å². The monoisotopic (exact) mass is 211 g/mol. The number of carboxylic acids is 1. The third-order valence-corrected chi connectivity index (χ3v) is 2.01. The molecule has 0 saturated heterocycles. The third kappa shape index (κ3) is 3.23. The van der Waals surface area contributed by atoms with Crippen molar-refractivity contribution < 1.29 is 14.3 Å². The molecule has 3 nitrogen and oxygen atoms in total. The highest BCUT2D eigenvalue weighted by atomic mass is 19.1. The fourth-order valence-electron chi connectivity index (χ4n) is 1.43. The Labute approximate surface area is 88.1 Å². The average molecular weight is 211 g/mol. The number of para-hydroxylation sites is 1. The molecule has 4 heteroatoms. The van der Waals surface area contributed by atoms with Crippen LogP contribution in [0.1, 0.15) is 13.3 Å². The van der Waals surface area contributed by atoms with Crippen molar-refractivity contribution >= 4 is 11.7 Å². The van der Waals surface area contributed by atoms with Crippen molar-refractivity contribution in [1.29, 1.82) is 0 Å². The van der Waals surface area contributed by atoms with Crippen molar-refractivity contribution in [2.75, 3.05) is 18.0 Å². The fourth-order valence-corrected chi connectivity index (χ4v) is 1.43. The second-order valence-electron chi connectivity index (χ2n) is 3.27. The highest BCUT2D eigenvalue weighted by Gasteiger charge is 2.12. The molecule has 1 aromatic rings. The van der Waals surface area contributed by atoms with Gasteiger partial charge < -0.3 is 10.0 Å². The molecule has 1 aromatic carbocycles. The first-order chi connectivity index (χ1) is 7.15. The quantitative estimate of drug-likeness (QED) is 0.811. The first-order valence-corrected chi connectivity index (χ1v) is 4.86. The normalized spacial score (nSPS) is 10.0. The number of nitrogens with zero attached hydrogens (tertiary/aromatic N) is 1. The molecule has 1 N–H and O–H groups in total. The fraction of sp³-hybridized carbons (Fsp3) is 0.364. The van der Waals surface area contributed by atoms with Gasteiger partial charge in [0.1, 0.15) is 12.4 Å². The van der Waals surface area contributed by atoms with Gasteiger partial charge >= 0.3 is 5.97 Å². The van der Waals surface area contributed by atoms with Gasteiger partial charge in [0.2, 0.25) is 0 Å². The zero-order chi connectivity index (χ0) is 11.3. The van der Waals surface area contributed by atoms with Crippen LogP contribution in [0.5, 0.6) is 0 Å². The van der Waals surface area contributed by atoms with E-state index in [1.165, 1.54) is 11.0 Å². The zero-order valence-electron chi connectivity index (χ0n) is 8.61. The molecule has 15 heavy (non-hydrogen) atoms. The van der Waals surface area contributed by atoms with Gasteiger partial charge in [-0.05, 0) is 18.6 Å². The molecule has 0 unspecified atom stereocenters. The number of halogens is 1. The van der Waals surface area contributed by atoms with Crippen LogP contribution in [0.3, 0.4) is 0 Å². The summed E-state index contributed by atoms with van der Waals surface area (Å²) in [4.78, 5) is 12.1. The van der Waals surface area contributed by atoms with E-state index in [0.717, 1.165) is 6.42 Å². The minimum absolute atomic E-state index is 0.172. The molecular formula is C11H14FNO2. The number of hydrogen-bond acceptors (Lipinski definition) is 2. The van der Waals surface area contributed by atoms with Gasteiger partial charge in [-0.3, -0.25) is 4.79 Å². The van der Waals surface area contributed by atoms with Gasteiger partial charge in [0, 0.05) is 6.54 Å². The molecule has 0 aliphatic rings. The van der Waals surface area contributed by atoms with E-state index in [4.69, 9.17) is 5.11 Å². The van der Waals surface area contributed by atoms with Crippen LogP contribution < -0.4 is 4.90 Å². The summed E-state index contributed by atoms with van der Waals surface area (Å²) in [6, 6.07) is 6.21. The van der Waals surface area contributed by atoms with Crippen LogP contribution in [-0.4, -0.2) is 24.2 Å². The molecule has 0 radical (unpaired) electrons. The Bertz CT molecular complexity index is 341. The van der Waals surface area contributed by atoms with E-state index < -0.39 is 5.97 Å². The molecule has 0 spiro atoms. The second kappa shape index (κ2) is 5.34. The van der Waals surface area contributed by atoms with Gasteiger partial charge in [-0.15, -0.1) is 0 Å². The number of carboxylic acid groups (broad SMARTS) is 1. The summed E-state index contributed by atoms with van der Waals surface area (Å²) in [7, 11) is 0. The molecule has 0 aromatic heterocycles. The van der Waals surface area contributed by atoms with Gasteiger partial charge in [-0.25, -0.2) is 4.39 Å². The third-order valence-electron chi connectivity index (χ3n) is 2.01. The molecule has 0 amide bonds. The summed E-state index contributed by atoms with van der Waals surface area (Å²) in [6.07, 6.45) is 0.779. The predicted molar refractivity (Wildman–Crippen MR) is 56.5 cm³/mol. The summed E-state index contributed by atoms with van der Waals surface area (Å²) < 4.78 is 13.4. The first kappa shape index (κ1) is 11.5. The molecule has 0 atom stereocenters. The van der Waals surface area contributed by atoms with Crippen LogP contribution in [0.15, 0.2) is 24.3 Å². The number of benzene rings is 1. The molecule has 0 heterocycles. The standard InChI is InChI=1S/C11H14FNO2/c1-2-7-13(8-11(14)15)10-6-4-3-5-9(10)12/h3-6H,2,7-8H2,1H3,(H,14,15). The van der Waals surface area contributed by atoms with E-state index in [1.54, 1.807) is 18.2 Å². The lowest BCUT2D eigenvalue weighted by atomic mass is 10.2. The number of hydrogen-bond donors (Lipinski definition) is 1. The summed E-state index contributed by atoms with van der Waals surface area (Å²) in [5.74, 6) is -1.33. The van der Waals surface area contributed by atoms with E-state index >= 15 is 0 Å². The van der Waals surface area contributed by atoms with Crippen molar-refractivity contribution in [3.8, 4) is 0 Å². The van der Waals surface area contributed by atoms with E-state index in [9.17, 15) is 9.18 Å². The number of anilines is 1. The summed E-state index contributed by atoms with van der Waals surface area (Å²) >= 11 is 0.